The van der Waals surface area contributed by atoms with Crippen molar-refractivity contribution in [2.24, 2.45) is 0 Å². The third-order valence-electron chi connectivity index (χ3n) is 1.87. The number of nitrogens with zero attached hydrogens (tertiary/aromatic N) is 2. The van der Waals surface area contributed by atoms with Crippen LogP contribution in [0.3, 0.4) is 0 Å². The Labute approximate surface area is 101 Å². The van der Waals surface area contributed by atoms with Crippen LogP contribution in [0.1, 0.15) is 5.01 Å². The summed E-state index contributed by atoms with van der Waals surface area (Å²) in [6.45, 7) is 0.770. The van der Waals surface area contributed by atoms with Crippen LogP contribution < -0.4 is 5.32 Å². The van der Waals surface area contributed by atoms with Crippen molar-refractivity contribution in [2.45, 2.75) is 6.54 Å². The molecule has 5 heteroatoms. The lowest BCUT2D eigenvalue weighted by Crippen LogP contribution is -2.04. The number of hydrogen-bond donors (Lipinski definition) is 1. The monoisotopic (exact) mass is 283 g/mol. The molecule has 15 heavy (non-hydrogen) atoms. The average molecular weight is 284 g/mol. The lowest BCUT2D eigenvalue weighted by atomic mass is 10.2. The second kappa shape index (κ2) is 4.83. The highest BCUT2D eigenvalue weighted by atomic mass is 79.9. The van der Waals surface area contributed by atoms with Gasteiger partial charge in [-0.1, -0.05) is 39.4 Å². The molecule has 1 heterocycles. The number of benzene rings is 1. The molecule has 3 nitrogen and oxygen atoms in total. The first kappa shape index (κ1) is 10.7. The molecule has 0 bridgehead atoms. The van der Waals surface area contributed by atoms with Crippen molar-refractivity contribution in [3.8, 4) is 10.6 Å². The van der Waals surface area contributed by atoms with E-state index in [-0.39, 0.29) is 0 Å². The van der Waals surface area contributed by atoms with E-state index < -0.39 is 0 Å². The van der Waals surface area contributed by atoms with Crippen LogP contribution in [0.4, 0.5) is 0 Å². The Morgan fingerprint density at radius 2 is 2.27 bits per heavy atom. The lowest BCUT2D eigenvalue weighted by Gasteiger charge is -1.95. The summed E-state index contributed by atoms with van der Waals surface area (Å²) >= 11 is 5.05. The zero-order chi connectivity index (χ0) is 10.7. The van der Waals surface area contributed by atoms with E-state index in [9.17, 15) is 0 Å². The summed E-state index contributed by atoms with van der Waals surface area (Å²) in [5, 5.41) is 13.3. The molecule has 0 atom stereocenters. The Hall–Kier alpha value is -0.780. The van der Waals surface area contributed by atoms with Gasteiger partial charge in [0.25, 0.3) is 0 Å². The van der Waals surface area contributed by atoms with Gasteiger partial charge in [-0.05, 0) is 19.2 Å². The van der Waals surface area contributed by atoms with Crippen LogP contribution in [-0.4, -0.2) is 17.2 Å². The van der Waals surface area contributed by atoms with Gasteiger partial charge in [0.05, 0.1) is 0 Å². The summed E-state index contributed by atoms with van der Waals surface area (Å²) in [6, 6.07) is 8.08. The summed E-state index contributed by atoms with van der Waals surface area (Å²) in [5.41, 5.74) is 1.10. The molecule has 1 aromatic heterocycles. The number of aromatic nitrogens is 2. The Kier molecular flexibility index (Phi) is 3.45. The molecule has 0 fully saturated rings. The Morgan fingerprint density at radius 1 is 1.40 bits per heavy atom. The Balaban J connectivity index is 2.29. The molecule has 0 unspecified atom stereocenters. The van der Waals surface area contributed by atoms with E-state index >= 15 is 0 Å². The van der Waals surface area contributed by atoms with Gasteiger partial charge in [-0.2, -0.15) is 0 Å². The largest absolute Gasteiger partial charge is 0.313 e. The van der Waals surface area contributed by atoms with Crippen LogP contribution in [0.2, 0.25) is 0 Å². The topological polar surface area (TPSA) is 37.8 Å². The molecule has 0 radical (unpaired) electrons. The highest BCUT2D eigenvalue weighted by Gasteiger charge is 2.05. The van der Waals surface area contributed by atoms with Crippen molar-refractivity contribution in [2.75, 3.05) is 7.05 Å². The summed E-state index contributed by atoms with van der Waals surface area (Å²) in [5.74, 6) is 0. The predicted molar refractivity (Wildman–Crippen MR) is 65.8 cm³/mol. The van der Waals surface area contributed by atoms with Gasteiger partial charge in [-0.25, -0.2) is 0 Å². The van der Waals surface area contributed by atoms with Crippen LogP contribution in [0.5, 0.6) is 0 Å². The molecule has 0 aliphatic heterocycles. The maximum Gasteiger partial charge on any atom is 0.147 e. The molecular weight excluding hydrogens is 274 g/mol. The second-order valence-electron chi connectivity index (χ2n) is 3.04. The van der Waals surface area contributed by atoms with Gasteiger partial charge < -0.3 is 5.32 Å². The molecule has 0 aliphatic carbocycles. The van der Waals surface area contributed by atoms with E-state index in [1.165, 1.54) is 0 Å². The van der Waals surface area contributed by atoms with E-state index in [1.807, 2.05) is 31.3 Å². The predicted octanol–water partition coefficient (Wildman–Crippen LogP) is 2.69. The van der Waals surface area contributed by atoms with E-state index in [1.54, 1.807) is 11.3 Å². The van der Waals surface area contributed by atoms with Crippen molar-refractivity contribution in [3.63, 3.8) is 0 Å². The minimum Gasteiger partial charge on any atom is -0.313 e. The standard InChI is InChI=1S/C10H10BrN3S/c1-12-6-9-13-14-10(15-9)7-3-2-4-8(11)5-7/h2-5,12H,6H2,1H3. The third kappa shape index (κ3) is 2.62. The molecule has 1 aromatic carbocycles. The average Bonchev–Trinajstić information content (AvgIpc) is 2.67. The van der Waals surface area contributed by atoms with Crippen molar-refractivity contribution < 1.29 is 0 Å². The fourth-order valence-electron chi connectivity index (χ4n) is 1.21. The molecule has 2 aromatic rings. The first-order valence-corrected chi connectivity index (χ1v) is 6.13. The molecule has 0 spiro atoms. The van der Waals surface area contributed by atoms with E-state index in [4.69, 9.17) is 0 Å². The Bertz CT molecular complexity index is 455. The molecule has 0 saturated heterocycles. The maximum absolute atomic E-state index is 4.15. The minimum atomic E-state index is 0.770. The van der Waals surface area contributed by atoms with Gasteiger partial charge in [0.1, 0.15) is 10.0 Å². The van der Waals surface area contributed by atoms with Gasteiger partial charge in [-0.15, -0.1) is 10.2 Å². The Morgan fingerprint density at radius 3 is 3.00 bits per heavy atom. The highest BCUT2D eigenvalue weighted by molar-refractivity contribution is 9.10. The summed E-state index contributed by atoms with van der Waals surface area (Å²) < 4.78 is 1.06. The van der Waals surface area contributed by atoms with E-state index in [2.05, 4.69) is 31.4 Å². The zero-order valence-electron chi connectivity index (χ0n) is 8.20. The lowest BCUT2D eigenvalue weighted by molar-refractivity contribution is 0.795. The summed E-state index contributed by atoms with van der Waals surface area (Å²) in [7, 11) is 1.90. The van der Waals surface area contributed by atoms with Crippen molar-refractivity contribution in [1.82, 2.24) is 15.5 Å². The fourth-order valence-corrected chi connectivity index (χ4v) is 2.46. The zero-order valence-corrected chi connectivity index (χ0v) is 10.6. The van der Waals surface area contributed by atoms with Gasteiger partial charge >= 0.3 is 0 Å². The van der Waals surface area contributed by atoms with E-state index in [0.29, 0.717) is 0 Å². The normalized spacial score (nSPS) is 10.5. The van der Waals surface area contributed by atoms with Crippen LogP contribution >= 0.6 is 27.3 Å². The summed E-state index contributed by atoms with van der Waals surface area (Å²) in [4.78, 5) is 0. The number of rotatable bonds is 3. The molecule has 2 rings (SSSR count). The van der Waals surface area contributed by atoms with Crippen molar-refractivity contribution in [3.05, 3.63) is 33.7 Å². The van der Waals surface area contributed by atoms with Crippen LogP contribution in [0.15, 0.2) is 28.7 Å². The molecule has 78 valence electrons. The quantitative estimate of drug-likeness (QED) is 0.941. The second-order valence-corrected chi connectivity index (χ2v) is 5.02. The number of hydrogen-bond acceptors (Lipinski definition) is 4. The van der Waals surface area contributed by atoms with Gasteiger partial charge in [-0.3, -0.25) is 0 Å². The van der Waals surface area contributed by atoms with Crippen molar-refractivity contribution >= 4 is 27.3 Å². The van der Waals surface area contributed by atoms with Crippen LogP contribution in [-0.2, 0) is 6.54 Å². The highest BCUT2D eigenvalue weighted by Crippen LogP contribution is 2.25. The van der Waals surface area contributed by atoms with Crippen LogP contribution in [0, 0.1) is 0 Å². The molecule has 0 saturated carbocycles. The van der Waals surface area contributed by atoms with Crippen LogP contribution in [0.25, 0.3) is 10.6 Å². The van der Waals surface area contributed by atoms with Gasteiger partial charge in [0.2, 0.25) is 0 Å². The number of halogens is 1. The molecule has 0 amide bonds. The van der Waals surface area contributed by atoms with Gasteiger partial charge in [0, 0.05) is 16.6 Å². The number of nitrogens with one attached hydrogen (secondary N) is 1. The fraction of sp³-hybridized carbons (Fsp3) is 0.200. The minimum absolute atomic E-state index is 0.770. The molecule has 0 aliphatic rings. The first-order valence-electron chi connectivity index (χ1n) is 4.52. The summed E-state index contributed by atoms with van der Waals surface area (Å²) in [6.07, 6.45) is 0. The SMILES string of the molecule is CNCc1nnc(-c2cccc(Br)c2)s1. The molecule has 1 N–H and O–H groups in total. The molecular formula is C10H10BrN3S. The van der Waals surface area contributed by atoms with Crippen molar-refractivity contribution in [1.29, 1.82) is 0 Å². The van der Waals surface area contributed by atoms with E-state index in [0.717, 1.165) is 26.6 Å². The van der Waals surface area contributed by atoms with Gasteiger partial charge in [0.15, 0.2) is 0 Å². The third-order valence-corrected chi connectivity index (χ3v) is 3.33. The first-order chi connectivity index (χ1) is 7.29. The maximum atomic E-state index is 4.15. The smallest absolute Gasteiger partial charge is 0.147 e.